The molecular formula is C22H24N4O2. The van der Waals surface area contributed by atoms with Crippen LogP contribution in [-0.4, -0.2) is 38.7 Å². The van der Waals surface area contributed by atoms with E-state index in [0.717, 1.165) is 28.2 Å². The third kappa shape index (κ3) is 3.15. The maximum Gasteiger partial charge on any atom is 0.256 e. The lowest BCUT2D eigenvalue weighted by Gasteiger charge is -2.39. The largest absolute Gasteiger partial charge is 0.334 e. The fourth-order valence-electron chi connectivity index (χ4n) is 3.71. The summed E-state index contributed by atoms with van der Waals surface area (Å²) < 4.78 is 2.01. The Balaban J connectivity index is 1.48. The van der Waals surface area contributed by atoms with Crippen LogP contribution >= 0.6 is 0 Å². The molecule has 6 nitrogen and oxygen atoms in total. The molecule has 144 valence electrons. The number of carbonyl (C=O) groups is 1. The van der Waals surface area contributed by atoms with E-state index < -0.39 is 0 Å². The van der Waals surface area contributed by atoms with Crippen LogP contribution in [0, 0.1) is 27.7 Å². The lowest BCUT2D eigenvalue weighted by molar-refractivity contribution is 0.0497. The Morgan fingerprint density at radius 2 is 1.75 bits per heavy atom. The summed E-state index contributed by atoms with van der Waals surface area (Å²) in [5, 5.41) is 4.51. The molecule has 1 aliphatic heterocycles. The van der Waals surface area contributed by atoms with E-state index in [4.69, 9.17) is 0 Å². The summed E-state index contributed by atoms with van der Waals surface area (Å²) in [6.45, 7) is 9.20. The number of aromatic amines is 1. The number of benzene rings is 1. The molecule has 3 heterocycles. The number of amides is 1. The summed E-state index contributed by atoms with van der Waals surface area (Å²) in [6.07, 6.45) is 0. The Kier molecular flexibility index (Phi) is 4.41. The Labute approximate surface area is 163 Å². The van der Waals surface area contributed by atoms with E-state index in [9.17, 15) is 9.59 Å². The quantitative estimate of drug-likeness (QED) is 0.763. The van der Waals surface area contributed by atoms with Crippen LogP contribution in [0.2, 0.25) is 0 Å². The van der Waals surface area contributed by atoms with Crippen molar-refractivity contribution in [3.8, 4) is 11.1 Å². The minimum Gasteiger partial charge on any atom is -0.334 e. The fourth-order valence-corrected chi connectivity index (χ4v) is 3.71. The highest BCUT2D eigenvalue weighted by atomic mass is 16.2. The smallest absolute Gasteiger partial charge is 0.256 e. The first-order valence-electron chi connectivity index (χ1n) is 9.46. The van der Waals surface area contributed by atoms with Gasteiger partial charge in [0, 0.05) is 35.6 Å². The van der Waals surface area contributed by atoms with E-state index in [1.165, 1.54) is 0 Å². The van der Waals surface area contributed by atoms with Crippen molar-refractivity contribution in [2.75, 3.05) is 13.1 Å². The lowest BCUT2D eigenvalue weighted by Crippen LogP contribution is -2.51. The number of nitrogens with zero attached hydrogens (tertiary/aromatic N) is 3. The zero-order valence-electron chi connectivity index (χ0n) is 16.6. The molecule has 6 heteroatoms. The molecule has 1 amide bonds. The van der Waals surface area contributed by atoms with E-state index in [1.54, 1.807) is 12.1 Å². The maximum atomic E-state index is 12.7. The highest BCUT2D eigenvalue weighted by Crippen LogP contribution is 2.25. The molecule has 0 unspecified atom stereocenters. The summed E-state index contributed by atoms with van der Waals surface area (Å²) in [4.78, 5) is 29.7. The van der Waals surface area contributed by atoms with Gasteiger partial charge < -0.3 is 9.88 Å². The van der Waals surface area contributed by atoms with Gasteiger partial charge in [0.05, 0.1) is 11.7 Å². The molecule has 0 bridgehead atoms. The molecule has 1 aliphatic rings. The third-order valence-electron chi connectivity index (χ3n) is 5.48. The van der Waals surface area contributed by atoms with Crippen LogP contribution in [0.4, 0.5) is 0 Å². The zero-order chi connectivity index (χ0) is 20.0. The Morgan fingerprint density at radius 3 is 2.36 bits per heavy atom. The predicted molar refractivity (Wildman–Crippen MR) is 109 cm³/mol. The van der Waals surface area contributed by atoms with Gasteiger partial charge in [0.1, 0.15) is 0 Å². The molecule has 0 spiro atoms. The van der Waals surface area contributed by atoms with Gasteiger partial charge >= 0.3 is 0 Å². The molecule has 0 atom stereocenters. The number of pyridine rings is 1. The number of H-pyrrole nitrogens is 1. The Bertz CT molecular complexity index is 1100. The van der Waals surface area contributed by atoms with Crippen LogP contribution in [0.5, 0.6) is 0 Å². The zero-order valence-corrected chi connectivity index (χ0v) is 16.6. The Hall–Kier alpha value is -3.15. The van der Waals surface area contributed by atoms with Crippen molar-refractivity contribution >= 4 is 5.91 Å². The third-order valence-corrected chi connectivity index (χ3v) is 5.48. The van der Waals surface area contributed by atoms with Gasteiger partial charge in [0.15, 0.2) is 0 Å². The summed E-state index contributed by atoms with van der Waals surface area (Å²) >= 11 is 0. The number of aromatic nitrogens is 3. The van der Waals surface area contributed by atoms with E-state index in [1.807, 2.05) is 55.5 Å². The van der Waals surface area contributed by atoms with E-state index in [2.05, 4.69) is 16.1 Å². The first kappa shape index (κ1) is 18.2. The van der Waals surface area contributed by atoms with Gasteiger partial charge in [-0.25, -0.2) is 0 Å². The molecule has 4 rings (SSSR count). The number of carbonyl (C=O) groups excluding carboxylic acids is 1. The topological polar surface area (TPSA) is 71.0 Å². The molecule has 0 saturated carbocycles. The van der Waals surface area contributed by atoms with Gasteiger partial charge in [0.25, 0.3) is 11.5 Å². The van der Waals surface area contributed by atoms with Crippen molar-refractivity contribution in [1.82, 2.24) is 19.7 Å². The maximum absolute atomic E-state index is 12.7. The number of hydrogen-bond donors (Lipinski definition) is 1. The van der Waals surface area contributed by atoms with Gasteiger partial charge in [0.2, 0.25) is 0 Å². The summed E-state index contributed by atoms with van der Waals surface area (Å²) in [5.74, 6) is 0.0123. The molecule has 1 fully saturated rings. The number of hydrogen-bond acceptors (Lipinski definition) is 3. The summed E-state index contributed by atoms with van der Waals surface area (Å²) in [6, 6.07) is 11.4. The number of likely N-dealkylation sites (tertiary alicyclic amines) is 1. The summed E-state index contributed by atoms with van der Waals surface area (Å²) in [5.41, 5.74) is 5.98. The normalized spacial score (nSPS) is 14.2. The molecule has 1 aromatic carbocycles. The second kappa shape index (κ2) is 6.78. The predicted octanol–water partition coefficient (Wildman–Crippen LogP) is 3.17. The van der Waals surface area contributed by atoms with Gasteiger partial charge in [-0.3, -0.25) is 14.3 Å². The molecule has 0 aliphatic carbocycles. The van der Waals surface area contributed by atoms with E-state index in [0.29, 0.717) is 24.2 Å². The minimum absolute atomic E-state index is 0.0123. The number of rotatable bonds is 3. The van der Waals surface area contributed by atoms with Crippen molar-refractivity contribution in [2.45, 2.75) is 33.7 Å². The van der Waals surface area contributed by atoms with Crippen LogP contribution in [0.1, 0.15) is 39.0 Å². The molecule has 28 heavy (non-hydrogen) atoms. The van der Waals surface area contributed by atoms with Gasteiger partial charge in [-0.15, -0.1) is 0 Å². The Morgan fingerprint density at radius 1 is 1.07 bits per heavy atom. The molecule has 2 aromatic heterocycles. The highest BCUT2D eigenvalue weighted by Gasteiger charge is 2.33. The van der Waals surface area contributed by atoms with E-state index >= 15 is 0 Å². The van der Waals surface area contributed by atoms with Crippen molar-refractivity contribution in [3.63, 3.8) is 0 Å². The molecule has 1 N–H and O–H groups in total. The fraction of sp³-hybridized carbons (Fsp3) is 0.318. The SMILES string of the molecule is Cc1cc(C)n(C2CN(C(=O)c3ccc(-c4cc(C)c(C)[nH]c4=O)cc3)C2)n1. The first-order chi connectivity index (χ1) is 13.3. The van der Waals surface area contributed by atoms with Crippen LogP contribution in [0.15, 0.2) is 41.2 Å². The highest BCUT2D eigenvalue weighted by molar-refractivity contribution is 5.95. The van der Waals surface area contributed by atoms with Crippen LogP contribution < -0.4 is 5.56 Å². The molecule has 3 aromatic rings. The first-order valence-corrected chi connectivity index (χ1v) is 9.46. The second-order valence-corrected chi connectivity index (χ2v) is 7.63. The van der Waals surface area contributed by atoms with Crippen LogP contribution in [0.25, 0.3) is 11.1 Å². The van der Waals surface area contributed by atoms with Crippen molar-refractivity contribution in [3.05, 3.63) is 75.0 Å². The average molecular weight is 376 g/mol. The second-order valence-electron chi connectivity index (χ2n) is 7.63. The van der Waals surface area contributed by atoms with Gasteiger partial charge in [-0.05, 0) is 63.1 Å². The standard InChI is InChI=1S/C22H24N4O2/c1-13-9-20(21(27)23-16(13)4)17-5-7-18(8-6-17)22(28)25-11-19(12-25)26-15(3)10-14(2)24-26/h5-10,19H,11-12H2,1-4H3,(H,23,27). The van der Waals surface area contributed by atoms with Crippen molar-refractivity contribution in [1.29, 1.82) is 0 Å². The van der Waals surface area contributed by atoms with Crippen LogP contribution in [0.3, 0.4) is 0 Å². The van der Waals surface area contributed by atoms with Crippen molar-refractivity contribution in [2.24, 2.45) is 0 Å². The van der Waals surface area contributed by atoms with Crippen LogP contribution in [-0.2, 0) is 0 Å². The lowest BCUT2D eigenvalue weighted by atomic mass is 10.0. The number of aryl methyl sites for hydroxylation is 4. The monoisotopic (exact) mass is 376 g/mol. The minimum atomic E-state index is -0.113. The molecule has 1 saturated heterocycles. The summed E-state index contributed by atoms with van der Waals surface area (Å²) in [7, 11) is 0. The molecule has 0 radical (unpaired) electrons. The number of nitrogens with one attached hydrogen (secondary N) is 1. The van der Waals surface area contributed by atoms with E-state index in [-0.39, 0.29) is 17.5 Å². The average Bonchev–Trinajstić information content (AvgIpc) is 2.95. The van der Waals surface area contributed by atoms with Gasteiger partial charge in [-0.1, -0.05) is 12.1 Å². The van der Waals surface area contributed by atoms with Gasteiger partial charge in [-0.2, -0.15) is 5.10 Å². The van der Waals surface area contributed by atoms with Crippen molar-refractivity contribution < 1.29 is 4.79 Å². The molecular weight excluding hydrogens is 352 g/mol.